The van der Waals surface area contributed by atoms with E-state index in [9.17, 15) is 4.79 Å². The number of nitrogens with zero attached hydrogens (tertiary/aromatic N) is 2. The molecule has 0 aliphatic carbocycles. The summed E-state index contributed by atoms with van der Waals surface area (Å²) >= 11 is 0. The summed E-state index contributed by atoms with van der Waals surface area (Å²) in [5.74, 6) is 2.63. The van der Waals surface area contributed by atoms with Crippen molar-refractivity contribution in [3.63, 3.8) is 0 Å². The maximum atomic E-state index is 11.8. The average Bonchev–Trinajstić information content (AvgIpc) is 3.03. The fraction of sp³-hybridized carbons (Fsp3) is 0.769. The lowest BCUT2D eigenvalue weighted by molar-refractivity contribution is -0.122. The molecule has 1 saturated heterocycles. The number of amides is 1. The second-order valence-corrected chi connectivity index (χ2v) is 4.93. The highest BCUT2D eigenvalue weighted by Gasteiger charge is 2.39. The van der Waals surface area contributed by atoms with E-state index >= 15 is 0 Å². The van der Waals surface area contributed by atoms with Gasteiger partial charge in [0.25, 0.3) is 0 Å². The highest BCUT2D eigenvalue weighted by Crippen LogP contribution is 2.37. The van der Waals surface area contributed by atoms with Gasteiger partial charge in [0.05, 0.1) is 12.1 Å². The molecular weight excluding hydrogens is 230 g/mol. The number of terminal acetylenes is 1. The SMILES string of the molecule is C#CCCC1(CCC(=O)N[C@@H]2CCO[C@@H]2C)N=N1. The van der Waals surface area contributed by atoms with E-state index in [2.05, 4.69) is 21.5 Å². The van der Waals surface area contributed by atoms with Crippen molar-refractivity contribution in [3.8, 4) is 12.3 Å². The van der Waals surface area contributed by atoms with Gasteiger partial charge in [0.2, 0.25) is 5.91 Å². The molecule has 0 aromatic rings. The van der Waals surface area contributed by atoms with Crippen molar-refractivity contribution in [2.24, 2.45) is 10.2 Å². The monoisotopic (exact) mass is 249 g/mol. The Hall–Kier alpha value is -1.41. The Morgan fingerprint density at radius 1 is 1.56 bits per heavy atom. The minimum absolute atomic E-state index is 0.0507. The number of ether oxygens (including phenoxy) is 1. The normalized spacial score (nSPS) is 27.8. The number of hydrogen-bond donors (Lipinski definition) is 1. The van der Waals surface area contributed by atoms with Gasteiger partial charge in [0, 0.05) is 32.3 Å². The van der Waals surface area contributed by atoms with E-state index in [0.29, 0.717) is 19.3 Å². The average molecular weight is 249 g/mol. The van der Waals surface area contributed by atoms with Crippen LogP contribution in [0.15, 0.2) is 10.2 Å². The largest absolute Gasteiger partial charge is 0.376 e. The molecule has 2 rings (SSSR count). The van der Waals surface area contributed by atoms with Crippen LogP contribution in [0.25, 0.3) is 0 Å². The van der Waals surface area contributed by atoms with Crippen molar-refractivity contribution in [2.45, 2.75) is 56.8 Å². The minimum atomic E-state index is -0.360. The molecule has 2 aliphatic rings. The van der Waals surface area contributed by atoms with Gasteiger partial charge in [-0.05, 0) is 13.3 Å². The van der Waals surface area contributed by atoms with E-state index in [4.69, 9.17) is 11.2 Å². The molecule has 1 amide bonds. The van der Waals surface area contributed by atoms with Gasteiger partial charge in [0.15, 0.2) is 5.66 Å². The summed E-state index contributed by atoms with van der Waals surface area (Å²) in [6.07, 6.45) is 8.73. The predicted molar refractivity (Wildman–Crippen MR) is 66.8 cm³/mol. The zero-order valence-corrected chi connectivity index (χ0v) is 10.7. The van der Waals surface area contributed by atoms with Gasteiger partial charge >= 0.3 is 0 Å². The van der Waals surface area contributed by atoms with Crippen LogP contribution in [-0.2, 0) is 9.53 Å². The van der Waals surface area contributed by atoms with Gasteiger partial charge < -0.3 is 10.1 Å². The predicted octanol–water partition coefficient (Wildman–Crippen LogP) is 1.64. The van der Waals surface area contributed by atoms with Crippen LogP contribution in [0, 0.1) is 12.3 Å². The molecule has 1 fully saturated rings. The van der Waals surface area contributed by atoms with Crippen LogP contribution >= 0.6 is 0 Å². The third kappa shape index (κ3) is 3.30. The first-order chi connectivity index (χ1) is 8.65. The molecular formula is C13H19N3O2. The fourth-order valence-electron chi connectivity index (χ4n) is 2.18. The minimum Gasteiger partial charge on any atom is -0.376 e. The van der Waals surface area contributed by atoms with E-state index < -0.39 is 0 Å². The smallest absolute Gasteiger partial charge is 0.220 e. The van der Waals surface area contributed by atoms with Crippen molar-refractivity contribution < 1.29 is 9.53 Å². The Kier molecular flexibility index (Phi) is 3.97. The number of carbonyl (C=O) groups is 1. The van der Waals surface area contributed by atoms with Crippen molar-refractivity contribution >= 4 is 5.91 Å². The number of nitrogens with one attached hydrogen (secondary N) is 1. The van der Waals surface area contributed by atoms with Crippen LogP contribution in [-0.4, -0.2) is 30.3 Å². The molecule has 98 valence electrons. The topological polar surface area (TPSA) is 63.0 Å². The number of rotatable bonds is 6. The van der Waals surface area contributed by atoms with Crippen LogP contribution in [0.1, 0.15) is 39.0 Å². The lowest BCUT2D eigenvalue weighted by Gasteiger charge is -2.16. The molecule has 0 radical (unpaired) electrons. The molecule has 18 heavy (non-hydrogen) atoms. The summed E-state index contributed by atoms with van der Waals surface area (Å²) in [6.45, 7) is 2.71. The summed E-state index contributed by atoms with van der Waals surface area (Å²) in [5, 5.41) is 11.0. The maximum absolute atomic E-state index is 11.8. The van der Waals surface area contributed by atoms with Crippen LogP contribution in [0.3, 0.4) is 0 Å². The number of carbonyl (C=O) groups excluding carboxylic acids is 1. The first-order valence-electron chi connectivity index (χ1n) is 6.44. The first-order valence-corrected chi connectivity index (χ1v) is 6.44. The van der Waals surface area contributed by atoms with Crippen LogP contribution in [0.4, 0.5) is 0 Å². The summed E-state index contributed by atoms with van der Waals surface area (Å²) < 4.78 is 5.40. The number of hydrogen-bond acceptors (Lipinski definition) is 4. The zero-order chi connectivity index (χ0) is 13.0. The summed E-state index contributed by atoms with van der Waals surface area (Å²) in [6, 6.07) is 0.146. The van der Waals surface area contributed by atoms with E-state index in [1.54, 1.807) is 0 Å². The molecule has 0 saturated carbocycles. The molecule has 0 unspecified atom stereocenters. The van der Waals surface area contributed by atoms with E-state index in [-0.39, 0.29) is 23.7 Å². The van der Waals surface area contributed by atoms with Crippen molar-refractivity contribution in [3.05, 3.63) is 0 Å². The quantitative estimate of drug-likeness (QED) is 0.727. The molecule has 5 heteroatoms. The Balaban J connectivity index is 1.67. The molecule has 2 aliphatic heterocycles. The van der Waals surface area contributed by atoms with E-state index in [0.717, 1.165) is 19.4 Å². The second-order valence-electron chi connectivity index (χ2n) is 4.93. The Labute approximate surface area is 107 Å². The summed E-state index contributed by atoms with van der Waals surface area (Å²) in [4.78, 5) is 11.8. The van der Waals surface area contributed by atoms with Gasteiger partial charge in [-0.15, -0.1) is 12.3 Å². The zero-order valence-electron chi connectivity index (χ0n) is 10.7. The van der Waals surface area contributed by atoms with Crippen molar-refractivity contribution in [1.29, 1.82) is 0 Å². The van der Waals surface area contributed by atoms with Gasteiger partial charge in [-0.2, -0.15) is 10.2 Å². The van der Waals surface area contributed by atoms with Crippen molar-refractivity contribution in [1.82, 2.24) is 5.32 Å². The lowest BCUT2D eigenvalue weighted by Crippen LogP contribution is -2.39. The Bertz CT molecular complexity index is 380. The van der Waals surface area contributed by atoms with Crippen LogP contribution < -0.4 is 5.32 Å². The summed E-state index contributed by atoms with van der Waals surface area (Å²) in [5.41, 5.74) is -0.360. The third-order valence-electron chi connectivity index (χ3n) is 3.53. The Morgan fingerprint density at radius 2 is 2.33 bits per heavy atom. The Morgan fingerprint density at radius 3 is 2.89 bits per heavy atom. The van der Waals surface area contributed by atoms with Gasteiger partial charge in [-0.3, -0.25) is 4.79 Å². The van der Waals surface area contributed by atoms with Crippen LogP contribution in [0.2, 0.25) is 0 Å². The first kappa shape index (κ1) is 13.0. The molecule has 2 atom stereocenters. The highest BCUT2D eigenvalue weighted by atomic mass is 16.5. The summed E-state index contributed by atoms with van der Waals surface area (Å²) in [7, 11) is 0. The maximum Gasteiger partial charge on any atom is 0.220 e. The molecule has 5 nitrogen and oxygen atoms in total. The van der Waals surface area contributed by atoms with E-state index in [1.165, 1.54) is 0 Å². The van der Waals surface area contributed by atoms with E-state index in [1.807, 2.05) is 6.92 Å². The molecule has 2 heterocycles. The molecule has 0 aromatic heterocycles. The van der Waals surface area contributed by atoms with Gasteiger partial charge in [-0.25, -0.2) is 0 Å². The van der Waals surface area contributed by atoms with Crippen molar-refractivity contribution in [2.75, 3.05) is 6.61 Å². The lowest BCUT2D eigenvalue weighted by atomic mass is 10.0. The second kappa shape index (κ2) is 5.49. The van der Waals surface area contributed by atoms with Gasteiger partial charge in [-0.1, -0.05) is 0 Å². The highest BCUT2D eigenvalue weighted by molar-refractivity contribution is 5.76. The molecule has 1 N–H and O–H groups in total. The van der Waals surface area contributed by atoms with Gasteiger partial charge in [0.1, 0.15) is 0 Å². The standard InChI is InChI=1S/C13H19N3O2/c1-3-4-7-13(15-16-13)8-5-12(17)14-11-6-9-18-10(11)2/h1,10-11H,4-9H2,2H3,(H,14,17)/t10-,11-/m1/s1. The molecule has 0 bridgehead atoms. The fourth-order valence-corrected chi connectivity index (χ4v) is 2.18. The molecule has 0 spiro atoms. The van der Waals surface area contributed by atoms with Crippen LogP contribution in [0.5, 0.6) is 0 Å². The molecule has 0 aromatic carbocycles. The third-order valence-corrected chi connectivity index (χ3v) is 3.53.